The van der Waals surface area contributed by atoms with Gasteiger partial charge in [0, 0.05) is 5.56 Å². The van der Waals surface area contributed by atoms with Crippen LogP contribution in [0.5, 0.6) is 5.75 Å². The van der Waals surface area contributed by atoms with Crippen molar-refractivity contribution >= 4 is 12.1 Å². The summed E-state index contributed by atoms with van der Waals surface area (Å²) in [7, 11) is 0. The Labute approximate surface area is 130 Å². The van der Waals surface area contributed by atoms with Crippen LogP contribution in [0.25, 0.3) is 0 Å². The molecular formula is C18H20N2O2. The van der Waals surface area contributed by atoms with Gasteiger partial charge in [-0.3, -0.25) is 4.79 Å². The van der Waals surface area contributed by atoms with Gasteiger partial charge in [-0.1, -0.05) is 44.2 Å². The first-order chi connectivity index (χ1) is 10.6. The zero-order valence-corrected chi connectivity index (χ0v) is 12.8. The zero-order chi connectivity index (χ0) is 15.8. The molecule has 0 saturated heterocycles. The molecule has 114 valence electrons. The van der Waals surface area contributed by atoms with Crippen LogP contribution in [0.2, 0.25) is 0 Å². The largest absolute Gasteiger partial charge is 0.493 e. The summed E-state index contributed by atoms with van der Waals surface area (Å²) in [6.45, 7) is 4.84. The molecule has 0 aliphatic carbocycles. The van der Waals surface area contributed by atoms with Crippen molar-refractivity contribution in [1.29, 1.82) is 0 Å². The van der Waals surface area contributed by atoms with Gasteiger partial charge in [-0.2, -0.15) is 5.10 Å². The molecule has 0 heterocycles. The van der Waals surface area contributed by atoms with Crippen LogP contribution < -0.4 is 10.2 Å². The maximum Gasteiger partial charge on any atom is 0.271 e. The summed E-state index contributed by atoms with van der Waals surface area (Å²) in [5.41, 5.74) is 3.98. The van der Waals surface area contributed by atoms with Gasteiger partial charge >= 0.3 is 0 Å². The monoisotopic (exact) mass is 296 g/mol. The van der Waals surface area contributed by atoms with Crippen LogP contribution in [0.4, 0.5) is 0 Å². The third-order valence-electron chi connectivity index (χ3n) is 2.88. The molecule has 4 nitrogen and oxygen atoms in total. The maximum atomic E-state index is 11.9. The van der Waals surface area contributed by atoms with E-state index in [2.05, 4.69) is 24.4 Å². The molecule has 0 bridgehead atoms. The highest BCUT2D eigenvalue weighted by Gasteiger charge is 2.04. The van der Waals surface area contributed by atoms with Gasteiger partial charge in [-0.25, -0.2) is 5.43 Å². The van der Waals surface area contributed by atoms with Gasteiger partial charge in [0.2, 0.25) is 0 Å². The topological polar surface area (TPSA) is 50.7 Å². The zero-order valence-electron chi connectivity index (χ0n) is 12.8. The Hall–Kier alpha value is -2.62. The van der Waals surface area contributed by atoms with E-state index in [1.807, 2.05) is 30.3 Å². The van der Waals surface area contributed by atoms with Crippen LogP contribution in [0.3, 0.4) is 0 Å². The van der Waals surface area contributed by atoms with Crippen LogP contribution >= 0.6 is 0 Å². The summed E-state index contributed by atoms with van der Waals surface area (Å²) in [4.78, 5) is 11.9. The quantitative estimate of drug-likeness (QED) is 0.655. The van der Waals surface area contributed by atoms with E-state index in [0.717, 1.165) is 11.3 Å². The lowest BCUT2D eigenvalue weighted by molar-refractivity contribution is 0.0955. The van der Waals surface area contributed by atoms with Gasteiger partial charge < -0.3 is 4.74 Å². The number of nitrogens with one attached hydrogen (secondary N) is 1. The number of hydrogen-bond acceptors (Lipinski definition) is 3. The number of benzene rings is 2. The molecule has 0 radical (unpaired) electrons. The number of carbonyl (C=O) groups excluding carboxylic acids is 1. The molecule has 0 unspecified atom stereocenters. The van der Waals surface area contributed by atoms with E-state index in [-0.39, 0.29) is 5.91 Å². The third kappa shape index (κ3) is 5.05. The number of rotatable bonds is 6. The Morgan fingerprint density at radius 2 is 1.82 bits per heavy atom. The average Bonchev–Trinajstić information content (AvgIpc) is 2.54. The molecule has 0 atom stereocenters. The number of nitrogens with zero attached hydrogens (tertiary/aromatic N) is 1. The van der Waals surface area contributed by atoms with E-state index >= 15 is 0 Å². The lowest BCUT2D eigenvalue weighted by Crippen LogP contribution is -2.17. The molecule has 2 rings (SSSR count). The van der Waals surface area contributed by atoms with E-state index in [4.69, 9.17) is 4.74 Å². The molecule has 0 aliphatic heterocycles. The molecule has 0 saturated carbocycles. The maximum absolute atomic E-state index is 11.9. The van der Waals surface area contributed by atoms with Gasteiger partial charge in [0.15, 0.2) is 0 Å². The van der Waals surface area contributed by atoms with Crippen molar-refractivity contribution in [3.05, 3.63) is 65.7 Å². The number of hydrogen-bond donors (Lipinski definition) is 1. The molecule has 4 heteroatoms. The van der Waals surface area contributed by atoms with Gasteiger partial charge in [0.25, 0.3) is 5.91 Å². The van der Waals surface area contributed by atoms with Crippen molar-refractivity contribution in [3.8, 4) is 5.75 Å². The van der Waals surface area contributed by atoms with Crippen molar-refractivity contribution in [3.63, 3.8) is 0 Å². The first kappa shape index (κ1) is 15.8. The molecule has 22 heavy (non-hydrogen) atoms. The average molecular weight is 296 g/mol. The Balaban J connectivity index is 1.88. The summed E-state index contributed by atoms with van der Waals surface area (Å²) in [6, 6.07) is 16.6. The predicted molar refractivity (Wildman–Crippen MR) is 88.3 cm³/mol. The van der Waals surface area contributed by atoms with Crippen molar-refractivity contribution < 1.29 is 9.53 Å². The first-order valence-corrected chi connectivity index (χ1v) is 7.26. The second kappa shape index (κ2) is 7.98. The minimum atomic E-state index is -0.248. The Morgan fingerprint density at radius 3 is 2.45 bits per heavy atom. The van der Waals surface area contributed by atoms with E-state index < -0.39 is 0 Å². The molecule has 0 aliphatic rings. The van der Waals surface area contributed by atoms with Crippen LogP contribution in [-0.4, -0.2) is 18.7 Å². The fourth-order valence-electron chi connectivity index (χ4n) is 1.73. The molecular weight excluding hydrogens is 276 g/mol. The molecule has 0 aromatic heterocycles. The summed E-state index contributed by atoms with van der Waals surface area (Å²) >= 11 is 0. The standard InChI is InChI=1S/C18H20N2O2/c1-14(2)13-22-17-10-8-16(9-11-17)18(21)20-19-12-15-6-4-3-5-7-15/h3-12,14H,13H2,1-2H3,(H,20,21). The van der Waals surface area contributed by atoms with E-state index in [1.54, 1.807) is 30.5 Å². The van der Waals surface area contributed by atoms with Gasteiger partial charge in [0.05, 0.1) is 12.8 Å². The number of carbonyl (C=O) groups is 1. The molecule has 0 spiro atoms. The summed E-state index contributed by atoms with van der Waals surface area (Å²) in [6.07, 6.45) is 1.61. The smallest absolute Gasteiger partial charge is 0.271 e. The summed E-state index contributed by atoms with van der Waals surface area (Å²) in [5, 5.41) is 3.94. The summed E-state index contributed by atoms with van der Waals surface area (Å²) < 4.78 is 5.58. The van der Waals surface area contributed by atoms with Crippen LogP contribution in [0.1, 0.15) is 29.8 Å². The highest BCUT2D eigenvalue weighted by Crippen LogP contribution is 2.13. The Bertz CT molecular complexity index is 619. The van der Waals surface area contributed by atoms with Crippen LogP contribution in [-0.2, 0) is 0 Å². The SMILES string of the molecule is CC(C)COc1ccc(C(=O)NN=Cc2ccccc2)cc1. The normalized spacial score (nSPS) is 10.9. The van der Waals surface area contributed by atoms with Crippen molar-refractivity contribution in [1.82, 2.24) is 5.43 Å². The number of ether oxygens (including phenoxy) is 1. The Morgan fingerprint density at radius 1 is 1.14 bits per heavy atom. The predicted octanol–water partition coefficient (Wildman–Crippen LogP) is 3.49. The lowest BCUT2D eigenvalue weighted by Gasteiger charge is -2.08. The molecule has 1 amide bonds. The van der Waals surface area contributed by atoms with Crippen LogP contribution in [0.15, 0.2) is 59.7 Å². The van der Waals surface area contributed by atoms with Crippen molar-refractivity contribution in [2.45, 2.75) is 13.8 Å². The fourth-order valence-corrected chi connectivity index (χ4v) is 1.73. The lowest BCUT2D eigenvalue weighted by atomic mass is 10.2. The Kier molecular flexibility index (Phi) is 5.72. The minimum absolute atomic E-state index is 0.248. The highest BCUT2D eigenvalue weighted by molar-refractivity contribution is 5.94. The number of amides is 1. The number of hydrazone groups is 1. The highest BCUT2D eigenvalue weighted by atomic mass is 16.5. The second-order valence-corrected chi connectivity index (χ2v) is 5.34. The van der Waals surface area contributed by atoms with Crippen molar-refractivity contribution in [2.24, 2.45) is 11.0 Å². The van der Waals surface area contributed by atoms with E-state index in [9.17, 15) is 4.79 Å². The fraction of sp³-hybridized carbons (Fsp3) is 0.222. The minimum Gasteiger partial charge on any atom is -0.493 e. The molecule has 0 fully saturated rings. The molecule has 2 aromatic rings. The van der Waals surface area contributed by atoms with E-state index in [0.29, 0.717) is 18.1 Å². The third-order valence-corrected chi connectivity index (χ3v) is 2.88. The van der Waals surface area contributed by atoms with Crippen molar-refractivity contribution in [2.75, 3.05) is 6.61 Å². The molecule has 1 N–H and O–H groups in total. The molecule has 2 aromatic carbocycles. The second-order valence-electron chi connectivity index (χ2n) is 5.34. The first-order valence-electron chi connectivity index (χ1n) is 7.26. The van der Waals surface area contributed by atoms with Gasteiger partial charge in [-0.15, -0.1) is 0 Å². The van der Waals surface area contributed by atoms with Crippen LogP contribution in [0, 0.1) is 5.92 Å². The summed E-state index contributed by atoms with van der Waals surface area (Å²) in [5.74, 6) is 0.982. The van der Waals surface area contributed by atoms with Gasteiger partial charge in [-0.05, 0) is 35.7 Å². The van der Waals surface area contributed by atoms with E-state index in [1.165, 1.54) is 0 Å². The van der Waals surface area contributed by atoms with Gasteiger partial charge in [0.1, 0.15) is 5.75 Å².